The monoisotopic (exact) mass is 199 g/mol. The number of thiophene rings is 1. The Bertz CT molecular complexity index is 230. The minimum atomic E-state index is 0. The summed E-state index contributed by atoms with van der Waals surface area (Å²) in [6.45, 7) is 6.62. The van der Waals surface area contributed by atoms with Crippen LogP contribution in [0.1, 0.15) is 31.0 Å². The largest absolute Gasteiger partial charge is 0.302 e. The minimum Gasteiger partial charge on any atom is -0.302 e. The Balaban J connectivity index is 0.00000144. The quantitative estimate of drug-likeness (QED) is 0.718. The Morgan fingerprint density at radius 1 is 1.23 bits per heavy atom. The molecule has 1 heterocycles. The van der Waals surface area contributed by atoms with Crippen LogP contribution >= 0.6 is 11.3 Å². The maximum atomic E-state index is 2.32. The molecule has 76 valence electrons. The van der Waals surface area contributed by atoms with Crippen molar-refractivity contribution < 1.29 is 0 Å². The van der Waals surface area contributed by atoms with Gasteiger partial charge in [-0.3, -0.25) is 0 Å². The van der Waals surface area contributed by atoms with Gasteiger partial charge in [-0.1, -0.05) is 21.3 Å². The van der Waals surface area contributed by atoms with E-state index in [-0.39, 0.29) is 7.43 Å². The zero-order chi connectivity index (χ0) is 8.97. The SMILES string of the molecule is C.CCc1ccc(CN(C)CC)s1. The molecule has 13 heavy (non-hydrogen) atoms. The van der Waals surface area contributed by atoms with Gasteiger partial charge in [0.25, 0.3) is 0 Å². The number of hydrogen-bond acceptors (Lipinski definition) is 2. The molecule has 0 unspecified atom stereocenters. The van der Waals surface area contributed by atoms with Gasteiger partial charge < -0.3 is 4.90 Å². The lowest BCUT2D eigenvalue weighted by molar-refractivity contribution is 0.349. The maximum Gasteiger partial charge on any atom is 0.0324 e. The van der Waals surface area contributed by atoms with Crippen LogP contribution in [0.3, 0.4) is 0 Å². The van der Waals surface area contributed by atoms with Crippen molar-refractivity contribution in [2.24, 2.45) is 0 Å². The van der Waals surface area contributed by atoms with E-state index in [0.717, 1.165) is 13.1 Å². The average molecular weight is 199 g/mol. The summed E-state index contributed by atoms with van der Waals surface area (Å²) < 4.78 is 0. The molecule has 0 amide bonds. The van der Waals surface area contributed by atoms with E-state index in [1.165, 1.54) is 16.2 Å². The second kappa shape index (κ2) is 6.17. The van der Waals surface area contributed by atoms with Crippen LogP contribution in [0.5, 0.6) is 0 Å². The van der Waals surface area contributed by atoms with Crippen molar-refractivity contribution in [2.45, 2.75) is 34.2 Å². The van der Waals surface area contributed by atoms with Crippen molar-refractivity contribution in [3.8, 4) is 0 Å². The van der Waals surface area contributed by atoms with Gasteiger partial charge in [0, 0.05) is 16.3 Å². The highest BCUT2D eigenvalue weighted by molar-refractivity contribution is 7.11. The molecular formula is C11H21NS. The zero-order valence-electron chi connectivity index (χ0n) is 8.13. The lowest BCUT2D eigenvalue weighted by atomic mass is 10.3. The third kappa shape index (κ3) is 3.92. The van der Waals surface area contributed by atoms with Crippen molar-refractivity contribution in [3.05, 3.63) is 21.9 Å². The molecule has 0 aromatic carbocycles. The van der Waals surface area contributed by atoms with Gasteiger partial charge in [0.2, 0.25) is 0 Å². The summed E-state index contributed by atoms with van der Waals surface area (Å²) in [5.41, 5.74) is 0. The average Bonchev–Trinajstić information content (AvgIpc) is 2.52. The first-order valence-electron chi connectivity index (χ1n) is 4.52. The molecule has 0 aliphatic carbocycles. The van der Waals surface area contributed by atoms with E-state index >= 15 is 0 Å². The fraction of sp³-hybridized carbons (Fsp3) is 0.636. The van der Waals surface area contributed by atoms with Gasteiger partial charge in [-0.15, -0.1) is 11.3 Å². The topological polar surface area (TPSA) is 3.24 Å². The molecule has 1 aromatic heterocycles. The van der Waals surface area contributed by atoms with Gasteiger partial charge in [0.15, 0.2) is 0 Å². The zero-order valence-corrected chi connectivity index (χ0v) is 8.95. The molecule has 0 saturated carbocycles. The van der Waals surface area contributed by atoms with Crippen molar-refractivity contribution in [2.75, 3.05) is 13.6 Å². The second-order valence-corrected chi connectivity index (χ2v) is 4.30. The van der Waals surface area contributed by atoms with Crippen LogP contribution in [-0.4, -0.2) is 18.5 Å². The van der Waals surface area contributed by atoms with Crippen LogP contribution < -0.4 is 0 Å². The Labute approximate surface area is 86.4 Å². The summed E-state index contributed by atoms with van der Waals surface area (Å²) >= 11 is 1.93. The molecule has 1 rings (SSSR count). The van der Waals surface area contributed by atoms with Crippen molar-refractivity contribution in [1.29, 1.82) is 0 Å². The van der Waals surface area contributed by atoms with E-state index in [0.29, 0.717) is 0 Å². The Kier molecular flexibility index (Phi) is 6.00. The van der Waals surface area contributed by atoms with Gasteiger partial charge in [-0.05, 0) is 32.1 Å². The number of nitrogens with zero attached hydrogens (tertiary/aromatic N) is 1. The molecular weight excluding hydrogens is 178 g/mol. The lowest BCUT2D eigenvalue weighted by Crippen LogP contribution is -2.15. The van der Waals surface area contributed by atoms with Crippen molar-refractivity contribution in [1.82, 2.24) is 4.90 Å². The van der Waals surface area contributed by atoms with Crippen LogP contribution in [0.25, 0.3) is 0 Å². The van der Waals surface area contributed by atoms with Gasteiger partial charge in [-0.25, -0.2) is 0 Å². The first-order valence-corrected chi connectivity index (χ1v) is 5.34. The third-order valence-electron chi connectivity index (χ3n) is 2.03. The summed E-state index contributed by atoms with van der Waals surface area (Å²) in [6, 6.07) is 4.49. The molecule has 2 heteroatoms. The van der Waals surface area contributed by atoms with Crippen molar-refractivity contribution in [3.63, 3.8) is 0 Å². The highest BCUT2D eigenvalue weighted by Gasteiger charge is 2.00. The molecule has 1 nitrogen and oxygen atoms in total. The summed E-state index contributed by atoms with van der Waals surface area (Å²) in [5, 5.41) is 0. The highest BCUT2D eigenvalue weighted by Crippen LogP contribution is 2.17. The first kappa shape index (κ1) is 12.7. The predicted molar refractivity (Wildman–Crippen MR) is 62.4 cm³/mol. The van der Waals surface area contributed by atoms with Crippen LogP contribution in [0.2, 0.25) is 0 Å². The third-order valence-corrected chi connectivity index (χ3v) is 3.25. The number of rotatable bonds is 4. The Morgan fingerprint density at radius 2 is 1.85 bits per heavy atom. The Morgan fingerprint density at radius 3 is 2.31 bits per heavy atom. The van der Waals surface area contributed by atoms with Gasteiger partial charge >= 0.3 is 0 Å². The van der Waals surface area contributed by atoms with E-state index in [4.69, 9.17) is 0 Å². The Hall–Kier alpha value is -0.340. The summed E-state index contributed by atoms with van der Waals surface area (Å²) in [5.74, 6) is 0. The first-order chi connectivity index (χ1) is 5.76. The molecule has 0 saturated heterocycles. The highest BCUT2D eigenvalue weighted by atomic mass is 32.1. The molecule has 0 aliphatic heterocycles. The molecule has 0 bridgehead atoms. The fourth-order valence-electron chi connectivity index (χ4n) is 1.08. The smallest absolute Gasteiger partial charge is 0.0324 e. The van der Waals surface area contributed by atoms with E-state index < -0.39 is 0 Å². The van der Waals surface area contributed by atoms with E-state index in [1.54, 1.807) is 0 Å². The summed E-state index contributed by atoms with van der Waals surface area (Å²) in [6.07, 6.45) is 1.17. The number of hydrogen-bond donors (Lipinski definition) is 0. The van der Waals surface area contributed by atoms with Gasteiger partial charge in [-0.2, -0.15) is 0 Å². The molecule has 1 aromatic rings. The lowest BCUT2D eigenvalue weighted by Gasteiger charge is -2.11. The second-order valence-electron chi connectivity index (χ2n) is 3.05. The van der Waals surface area contributed by atoms with Crippen LogP contribution in [0.15, 0.2) is 12.1 Å². The maximum absolute atomic E-state index is 2.32. The molecule has 0 radical (unpaired) electrons. The standard InChI is InChI=1S/C10H17NS.CH4/c1-4-9-6-7-10(12-9)8-11(3)5-2;/h6-7H,4-5,8H2,1-3H3;1H4. The van der Waals surface area contributed by atoms with E-state index in [9.17, 15) is 0 Å². The molecule has 0 fully saturated rings. The van der Waals surface area contributed by atoms with Crippen molar-refractivity contribution >= 4 is 11.3 Å². The fourth-order valence-corrected chi connectivity index (χ4v) is 2.11. The summed E-state index contributed by atoms with van der Waals surface area (Å²) in [7, 11) is 2.16. The molecule has 0 atom stereocenters. The van der Waals surface area contributed by atoms with Gasteiger partial charge in [0.05, 0.1) is 0 Å². The normalized spacial score (nSPS) is 10.2. The van der Waals surface area contributed by atoms with Crippen LogP contribution in [0.4, 0.5) is 0 Å². The van der Waals surface area contributed by atoms with E-state index in [1.807, 2.05) is 11.3 Å². The summed E-state index contributed by atoms with van der Waals surface area (Å²) in [4.78, 5) is 5.30. The predicted octanol–water partition coefficient (Wildman–Crippen LogP) is 3.40. The molecule has 0 N–H and O–H groups in total. The molecule has 0 spiro atoms. The number of aryl methyl sites for hydroxylation is 1. The van der Waals surface area contributed by atoms with Crippen LogP contribution in [0, 0.1) is 0 Å². The molecule has 0 aliphatic rings. The van der Waals surface area contributed by atoms with E-state index in [2.05, 4.69) is 37.9 Å². The van der Waals surface area contributed by atoms with Crippen LogP contribution in [-0.2, 0) is 13.0 Å². The van der Waals surface area contributed by atoms with Gasteiger partial charge in [0.1, 0.15) is 0 Å². The minimum absolute atomic E-state index is 0.